The molecule has 8 heavy (non-hydrogen) atoms. The minimum atomic E-state index is -0.196. The molecule has 0 aliphatic heterocycles. The smallest absolute Gasteiger partial charge is 0.0555 e. The number of hydrogen-bond acceptors (Lipinski definition) is 2. The summed E-state index contributed by atoms with van der Waals surface area (Å²) in [5, 5.41) is 8.96. The zero-order valence-electron chi connectivity index (χ0n) is 5.17. The van der Waals surface area contributed by atoms with E-state index >= 15 is 0 Å². The molecule has 2 nitrogen and oxygen atoms in total. The Kier molecular flexibility index (Phi) is 1.54. The fourth-order valence-corrected chi connectivity index (χ4v) is 1.15. The average Bonchev–Trinajstić information content (AvgIpc) is 1.61. The molecule has 0 aromatic rings. The third kappa shape index (κ3) is 0.858. The van der Waals surface area contributed by atoms with Crippen molar-refractivity contribution >= 4 is 0 Å². The Morgan fingerprint density at radius 1 is 1.62 bits per heavy atom. The van der Waals surface area contributed by atoms with Crippen LogP contribution in [0, 0.1) is 5.92 Å². The third-order valence-electron chi connectivity index (χ3n) is 2.00. The van der Waals surface area contributed by atoms with E-state index in [0.29, 0.717) is 5.92 Å². The molecule has 0 bridgehead atoms. The molecule has 3 atom stereocenters. The lowest BCUT2D eigenvalue weighted by atomic mass is 9.77. The summed E-state index contributed by atoms with van der Waals surface area (Å²) in [6.45, 7) is 1.81. The first-order chi connectivity index (χ1) is 3.72. The van der Waals surface area contributed by atoms with E-state index in [1.54, 1.807) is 0 Å². The van der Waals surface area contributed by atoms with Gasteiger partial charge in [0.05, 0.1) is 6.10 Å². The molecule has 2 heteroatoms. The van der Waals surface area contributed by atoms with Crippen molar-refractivity contribution in [2.45, 2.75) is 31.9 Å². The number of aliphatic hydroxyl groups excluding tert-OH is 1. The van der Waals surface area contributed by atoms with Gasteiger partial charge < -0.3 is 10.8 Å². The molecule has 3 unspecified atom stereocenters. The zero-order valence-corrected chi connectivity index (χ0v) is 5.17. The summed E-state index contributed by atoms with van der Waals surface area (Å²) in [4.78, 5) is 0. The first kappa shape index (κ1) is 6.05. The van der Waals surface area contributed by atoms with E-state index in [2.05, 4.69) is 0 Å². The lowest BCUT2D eigenvalue weighted by molar-refractivity contribution is 0.0603. The predicted molar refractivity (Wildman–Crippen MR) is 32.4 cm³/mol. The quantitative estimate of drug-likeness (QED) is 0.509. The maximum absolute atomic E-state index is 8.96. The second-order valence-electron chi connectivity index (χ2n) is 2.65. The van der Waals surface area contributed by atoms with Crippen molar-refractivity contribution < 1.29 is 5.11 Å². The molecule has 1 saturated carbocycles. The Morgan fingerprint density at radius 3 is 2.25 bits per heavy atom. The van der Waals surface area contributed by atoms with Gasteiger partial charge in [0.15, 0.2) is 0 Å². The van der Waals surface area contributed by atoms with Gasteiger partial charge in [-0.3, -0.25) is 0 Å². The van der Waals surface area contributed by atoms with Gasteiger partial charge in [-0.15, -0.1) is 0 Å². The topological polar surface area (TPSA) is 46.2 Å². The standard InChI is InChI=1S/C6H13NO/c1-4(8)5-2-3-6(5)7/h4-6,8H,2-3,7H2,1H3. The largest absolute Gasteiger partial charge is 0.393 e. The van der Waals surface area contributed by atoms with Crippen molar-refractivity contribution in [3.05, 3.63) is 0 Å². The monoisotopic (exact) mass is 115 g/mol. The molecule has 48 valence electrons. The molecular weight excluding hydrogens is 102 g/mol. The first-order valence-electron chi connectivity index (χ1n) is 3.15. The van der Waals surface area contributed by atoms with Crippen molar-refractivity contribution in [3.8, 4) is 0 Å². The van der Waals surface area contributed by atoms with Crippen LogP contribution in [-0.4, -0.2) is 17.3 Å². The minimum Gasteiger partial charge on any atom is -0.393 e. The van der Waals surface area contributed by atoms with E-state index in [4.69, 9.17) is 10.8 Å². The molecule has 0 saturated heterocycles. The fraction of sp³-hybridized carbons (Fsp3) is 1.00. The van der Waals surface area contributed by atoms with Crippen LogP contribution in [-0.2, 0) is 0 Å². The molecular formula is C6H13NO. The molecule has 1 aliphatic rings. The highest BCUT2D eigenvalue weighted by Gasteiger charge is 2.30. The molecule has 1 rings (SSSR count). The van der Waals surface area contributed by atoms with Gasteiger partial charge in [0.2, 0.25) is 0 Å². The summed E-state index contributed by atoms with van der Waals surface area (Å²) in [5.74, 6) is 0.384. The lowest BCUT2D eigenvalue weighted by Gasteiger charge is -2.35. The number of hydrogen-bond donors (Lipinski definition) is 2. The van der Waals surface area contributed by atoms with Gasteiger partial charge in [0, 0.05) is 6.04 Å². The summed E-state index contributed by atoms with van der Waals surface area (Å²) in [6, 6.07) is 0.273. The predicted octanol–water partition coefficient (Wildman–Crippen LogP) is 0.104. The van der Waals surface area contributed by atoms with Gasteiger partial charge in [-0.25, -0.2) is 0 Å². The summed E-state index contributed by atoms with van der Waals surface area (Å²) in [5.41, 5.74) is 5.56. The van der Waals surface area contributed by atoms with Crippen molar-refractivity contribution in [3.63, 3.8) is 0 Å². The summed E-state index contributed by atoms with van der Waals surface area (Å²) >= 11 is 0. The molecule has 0 aromatic heterocycles. The van der Waals surface area contributed by atoms with Crippen LogP contribution in [0.3, 0.4) is 0 Å². The van der Waals surface area contributed by atoms with Crippen molar-refractivity contribution in [1.29, 1.82) is 0 Å². The molecule has 0 aromatic carbocycles. The Balaban J connectivity index is 2.26. The minimum absolute atomic E-state index is 0.196. The fourth-order valence-electron chi connectivity index (χ4n) is 1.15. The van der Waals surface area contributed by atoms with E-state index in [1.165, 1.54) is 0 Å². The van der Waals surface area contributed by atoms with Gasteiger partial charge in [0.1, 0.15) is 0 Å². The summed E-state index contributed by atoms with van der Waals surface area (Å²) < 4.78 is 0. The molecule has 0 heterocycles. The van der Waals surface area contributed by atoms with Crippen molar-refractivity contribution in [2.75, 3.05) is 0 Å². The maximum atomic E-state index is 8.96. The van der Waals surface area contributed by atoms with Crippen LogP contribution in [0.2, 0.25) is 0 Å². The van der Waals surface area contributed by atoms with Crippen LogP contribution >= 0.6 is 0 Å². The van der Waals surface area contributed by atoms with E-state index < -0.39 is 0 Å². The molecule has 0 radical (unpaired) electrons. The van der Waals surface area contributed by atoms with Crippen molar-refractivity contribution in [2.24, 2.45) is 11.7 Å². The summed E-state index contributed by atoms with van der Waals surface area (Å²) in [7, 11) is 0. The zero-order chi connectivity index (χ0) is 6.15. The van der Waals surface area contributed by atoms with Crippen LogP contribution in [0.15, 0.2) is 0 Å². The van der Waals surface area contributed by atoms with Gasteiger partial charge in [-0.05, 0) is 25.7 Å². The van der Waals surface area contributed by atoms with Gasteiger partial charge in [-0.2, -0.15) is 0 Å². The Labute approximate surface area is 49.7 Å². The Hall–Kier alpha value is -0.0800. The highest BCUT2D eigenvalue weighted by atomic mass is 16.3. The molecule has 0 amide bonds. The van der Waals surface area contributed by atoms with E-state index in [9.17, 15) is 0 Å². The van der Waals surface area contributed by atoms with E-state index in [1.807, 2.05) is 6.92 Å². The average molecular weight is 115 g/mol. The molecule has 1 fully saturated rings. The number of aliphatic hydroxyl groups is 1. The first-order valence-corrected chi connectivity index (χ1v) is 3.15. The van der Waals surface area contributed by atoms with Crippen molar-refractivity contribution in [1.82, 2.24) is 0 Å². The second kappa shape index (κ2) is 2.03. The third-order valence-corrected chi connectivity index (χ3v) is 2.00. The normalized spacial score (nSPS) is 40.9. The maximum Gasteiger partial charge on any atom is 0.0555 e. The summed E-state index contributed by atoms with van der Waals surface area (Å²) in [6.07, 6.45) is 2.01. The molecule has 0 spiro atoms. The van der Waals surface area contributed by atoms with E-state index in [0.717, 1.165) is 12.8 Å². The second-order valence-corrected chi connectivity index (χ2v) is 2.65. The van der Waals surface area contributed by atoms with Gasteiger partial charge in [-0.1, -0.05) is 0 Å². The van der Waals surface area contributed by atoms with Crippen LogP contribution in [0.25, 0.3) is 0 Å². The lowest BCUT2D eigenvalue weighted by Crippen LogP contribution is -2.44. The van der Waals surface area contributed by atoms with Crippen LogP contribution < -0.4 is 5.73 Å². The highest BCUT2D eigenvalue weighted by Crippen LogP contribution is 2.27. The SMILES string of the molecule is CC(O)C1CCC1N. The molecule has 3 N–H and O–H groups in total. The highest BCUT2D eigenvalue weighted by molar-refractivity contribution is 4.86. The van der Waals surface area contributed by atoms with E-state index in [-0.39, 0.29) is 12.1 Å². The number of rotatable bonds is 1. The Morgan fingerprint density at radius 2 is 2.25 bits per heavy atom. The molecule has 1 aliphatic carbocycles. The van der Waals surface area contributed by atoms with Gasteiger partial charge >= 0.3 is 0 Å². The van der Waals surface area contributed by atoms with Crippen LogP contribution in [0.1, 0.15) is 19.8 Å². The van der Waals surface area contributed by atoms with Crippen LogP contribution in [0.5, 0.6) is 0 Å². The number of nitrogens with two attached hydrogens (primary N) is 1. The Bertz CT molecular complexity index is 77.8. The van der Waals surface area contributed by atoms with Crippen LogP contribution in [0.4, 0.5) is 0 Å². The van der Waals surface area contributed by atoms with Gasteiger partial charge in [0.25, 0.3) is 0 Å².